The van der Waals surface area contributed by atoms with Gasteiger partial charge in [0.25, 0.3) is 0 Å². The minimum absolute atomic E-state index is 0.0510. The SMILES string of the molecule is C1CCNC1.CO.Cc1cc(OC(F)(F)F)cc2c1OC(C(F)(F)F)C(C(=O)OCON)=C2.[NH3+]O. The summed E-state index contributed by atoms with van der Waals surface area (Å²) in [5.41, 5.74) is -1.25. The Balaban J connectivity index is 0.00000110. The third kappa shape index (κ3) is 11.1. The standard InChI is InChI=1S/C14H11F6NO5.C4H9N.CH4O.H4NO/c1-6-2-8(26-14(18,19)20)3-7-4-9(12(22)23-5-24-21)11(13(15,16)17)25-10(6)7;1-2-4-5-3-1;2*1-2/h2-4,11H,5,21H2,1H3;5H,1-4H2;2*2H,1H3/q;;;+1. The van der Waals surface area contributed by atoms with Crippen molar-refractivity contribution >= 4 is 12.0 Å². The molecule has 0 bridgehead atoms. The van der Waals surface area contributed by atoms with Gasteiger partial charge in [-0.25, -0.2) is 21.8 Å². The second-order valence-corrected chi connectivity index (χ2v) is 6.52. The van der Waals surface area contributed by atoms with E-state index in [0.29, 0.717) is 6.08 Å². The Morgan fingerprint density at radius 2 is 1.74 bits per heavy atom. The van der Waals surface area contributed by atoms with Crippen LogP contribution in [0.4, 0.5) is 26.3 Å². The average Bonchev–Trinajstić information content (AvgIpc) is 3.38. The maximum Gasteiger partial charge on any atom is 0.573 e. The summed E-state index contributed by atoms with van der Waals surface area (Å²) >= 11 is 0. The molecule has 0 aliphatic carbocycles. The molecule has 0 spiro atoms. The van der Waals surface area contributed by atoms with E-state index >= 15 is 0 Å². The normalized spacial score (nSPS) is 16.5. The van der Waals surface area contributed by atoms with Gasteiger partial charge in [0.2, 0.25) is 12.9 Å². The van der Waals surface area contributed by atoms with Crippen LogP contribution < -0.4 is 26.6 Å². The summed E-state index contributed by atoms with van der Waals surface area (Å²) in [5.74, 6) is 4.40. The number of hydrogen-bond acceptors (Lipinski definition) is 9. The number of carbonyl (C=O) groups is 1. The molecule has 3 rings (SSSR count). The molecular weight excluding hydrogens is 496 g/mol. The van der Waals surface area contributed by atoms with E-state index in [1.54, 1.807) is 0 Å². The summed E-state index contributed by atoms with van der Waals surface area (Å²) in [6, 6.07) is 1.65. The van der Waals surface area contributed by atoms with Crippen LogP contribution in [0.1, 0.15) is 24.0 Å². The van der Waals surface area contributed by atoms with Gasteiger partial charge in [0.05, 0.1) is 5.57 Å². The Morgan fingerprint density at radius 3 is 2.17 bits per heavy atom. The van der Waals surface area contributed by atoms with Crippen molar-refractivity contribution in [2.24, 2.45) is 5.90 Å². The Kier molecular flexibility index (Phi) is 14.2. The number of aliphatic hydroxyl groups is 1. The van der Waals surface area contributed by atoms with E-state index in [1.165, 1.54) is 32.9 Å². The second-order valence-electron chi connectivity index (χ2n) is 6.52. The molecule has 1 aromatic carbocycles. The van der Waals surface area contributed by atoms with Crippen molar-refractivity contribution in [2.75, 3.05) is 27.0 Å². The molecule has 2 aliphatic heterocycles. The molecular formula is C19H28F6N3O7+. The lowest BCUT2D eigenvalue weighted by molar-refractivity contribution is -0.670. The molecule has 10 nitrogen and oxygen atoms in total. The van der Waals surface area contributed by atoms with Crippen LogP contribution in [0.25, 0.3) is 6.08 Å². The molecule has 0 amide bonds. The number of ether oxygens (including phenoxy) is 3. The van der Waals surface area contributed by atoms with Gasteiger partial charge >= 0.3 is 18.5 Å². The summed E-state index contributed by atoms with van der Waals surface area (Å²) in [5, 5.41) is 17.0. The van der Waals surface area contributed by atoms with Crippen molar-refractivity contribution in [3.8, 4) is 11.5 Å². The fourth-order valence-electron chi connectivity index (χ4n) is 2.86. The van der Waals surface area contributed by atoms with Gasteiger partial charge in [-0.3, -0.25) is 4.84 Å². The molecule has 1 fully saturated rings. The number of quaternary nitrogens is 1. The van der Waals surface area contributed by atoms with Crippen LogP contribution in [0.5, 0.6) is 11.5 Å². The molecule has 2 heterocycles. The summed E-state index contributed by atoms with van der Waals surface area (Å²) in [4.78, 5) is 15.8. The lowest BCUT2D eigenvalue weighted by Gasteiger charge is -2.29. The Hall–Kier alpha value is -2.63. The van der Waals surface area contributed by atoms with Gasteiger partial charge in [0.15, 0.2) is 0 Å². The van der Waals surface area contributed by atoms with Crippen LogP contribution in [-0.2, 0) is 14.4 Å². The van der Waals surface area contributed by atoms with Gasteiger partial charge in [0.1, 0.15) is 11.5 Å². The molecule has 1 saturated heterocycles. The first kappa shape index (κ1) is 32.4. The number of alkyl halides is 6. The van der Waals surface area contributed by atoms with E-state index in [2.05, 4.69) is 31.4 Å². The molecule has 16 heteroatoms. The number of aliphatic hydroxyl groups excluding tert-OH is 1. The van der Waals surface area contributed by atoms with Crippen LogP contribution in [-0.4, -0.2) is 61.9 Å². The van der Waals surface area contributed by atoms with Gasteiger partial charge in [-0.15, -0.1) is 13.2 Å². The molecule has 0 aromatic heterocycles. The zero-order valence-corrected chi connectivity index (χ0v) is 18.8. The van der Waals surface area contributed by atoms with E-state index in [4.69, 9.17) is 15.1 Å². The average molecular weight is 524 g/mol. The number of halogens is 6. The number of rotatable bonds is 4. The molecule has 1 aromatic rings. The summed E-state index contributed by atoms with van der Waals surface area (Å²) in [6.45, 7) is 2.90. The minimum Gasteiger partial charge on any atom is -0.475 e. The molecule has 0 saturated carbocycles. The van der Waals surface area contributed by atoms with Gasteiger partial charge in [-0.2, -0.15) is 13.2 Å². The van der Waals surface area contributed by atoms with Crippen LogP contribution >= 0.6 is 0 Å². The quantitative estimate of drug-likeness (QED) is 0.171. The fourth-order valence-corrected chi connectivity index (χ4v) is 2.86. The number of esters is 1. The summed E-state index contributed by atoms with van der Waals surface area (Å²) in [6.07, 6.45) is -9.17. The van der Waals surface area contributed by atoms with E-state index < -0.39 is 42.7 Å². The lowest BCUT2D eigenvalue weighted by Crippen LogP contribution is -2.42. The van der Waals surface area contributed by atoms with Crippen molar-refractivity contribution < 1.29 is 66.4 Å². The molecule has 202 valence electrons. The number of nitrogens with two attached hydrogens (primary N) is 1. The number of fused-ring (bicyclic) bond motifs is 1. The van der Waals surface area contributed by atoms with Gasteiger partial charge in [-0.05, 0) is 56.6 Å². The van der Waals surface area contributed by atoms with Crippen molar-refractivity contribution in [3.05, 3.63) is 28.8 Å². The zero-order chi connectivity index (χ0) is 27.2. The summed E-state index contributed by atoms with van der Waals surface area (Å²) < 4.78 is 89.6. The number of nitrogens with one attached hydrogen (secondary N) is 1. The number of carbonyl (C=O) groups excluding carboxylic acids is 1. The van der Waals surface area contributed by atoms with E-state index in [1.807, 2.05) is 0 Å². The molecule has 1 atom stereocenters. The van der Waals surface area contributed by atoms with Crippen LogP contribution in [0, 0.1) is 6.92 Å². The van der Waals surface area contributed by atoms with Gasteiger partial charge in [-0.1, -0.05) is 0 Å². The van der Waals surface area contributed by atoms with E-state index in [-0.39, 0.29) is 16.9 Å². The predicted octanol–water partition coefficient (Wildman–Crippen LogP) is 1.59. The van der Waals surface area contributed by atoms with Crippen molar-refractivity contribution in [1.29, 1.82) is 0 Å². The van der Waals surface area contributed by atoms with Gasteiger partial charge in [0, 0.05) is 12.7 Å². The highest BCUT2D eigenvalue weighted by Gasteiger charge is 2.49. The second kappa shape index (κ2) is 15.4. The van der Waals surface area contributed by atoms with Crippen molar-refractivity contribution in [2.45, 2.75) is 38.4 Å². The van der Waals surface area contributed by atoms with E-state index in [0.717, 1.165) is 19.2 Å². The first-order valence-corrected chi connectivity index (χ1v) is 9.73. The number of hydrogen-bond donors (Lipinski definition) is 5. The summed E-state index contributed by atoms with van der Waals surface area (Å²) in [7, 11) is 1.00. The van der Waals surface area contributed by atoms with Gasteiger partial charge < -0.3 is 24.6 Å². The fraction of sp³-hybridized carbons (Fsp3) is 0.526. The van der Waals surface area contributed by atoms with Crippen LogP contribution in [0.2, 0.25) is 0 Å². The van der Waals surface area contributed by atoms with Crippen molar-refractivity contribution in [3.63, 3.8) is 0 Å². The monoisotopic (exact) mass is 524 g/mol. The molecule has 0 radical (unpaired) electrons. The number of aryl methyl sites for hydroxylation is 1. The predicted molar refractivity (Wildman–Crippen MR) is 107 cm³/mol. The Labute approximate surface area is 196 Å². The minimum atomic E-state index is -5.01. The van der Waals surface area contributed by atoms with Crippen LogP contribution in [0.15, 0.2) is 17.7 Å². The molecule has 35 heavy (non-hydrogen) atoms. The first-order chi connectivity index (χ1) is 16.4. The molecule has 1 unspecified atom stereocenters. The number of benzene rings is 1. The van der Waals surface area contributed by atoms with Crippen LogP contribution in [0.3, 0.4) is 0 Å². The van der Waals surface area contributed by atoms with E-state index in [9.17, 15) is 31.1 Å². The molecule has 2 aliphatic rings. The highest BCUT2D eigenvalue weighted by atomic mass is 19.4. The smallest absolute Gasteiger partial charge is 0.475 e. The topological polar surface area (TPSA) is 160 Å². The maximum absolute atomic E-state index is 13.2. The molecule has 8 N–H and O–H groups in total. The Bertz CT molecular complexity index is 808. The Morgan fingerprint density at radius 1 is 1.17 bits per heavy atom. The maximum atomic E-state index is 13.2. The lowest BCUT2D eigenvalue weighted by atomic mass is 9.99. The van der Waals surface area contributed by atoms with Crippen molar-refractivity contribution in [1.82, 2.24) is 5.32 Å². The highest BCUT2D eigenvalue weighted by Crippen LogP contribution is 2.41. The first-order valence-electron chi connectivity index (χ1n) is 9.73. The zero-order valence-electron chi connectivity index (χ0n) is 18.8. The highest BCUT2D eigenvalue weighted by molar-refractivity contribution is 5.96. The third-order valence-electron chi connectivity index (χ3n) is 4.09. The largest absolute Gasteiger partial charge is 0.573 e. The third-order valence-corrected chi connectivity index (χ3v) is 4.09.